The van der Waals surface area contributed by atoms with Gasteiger partial charge in [-0.1, -0.05) is 0 Å². The Hall–Kier alpha value is -2.28. The van der Waals surface area contributed by atoms with Crippen molar-refractivity contribution >= 4 is 17.6 Å². The molecule has 0 bridgehead atoms. The van der Waals surface area contributed by atoms with Gasteiger partial charge in [-0.05, 0) is 25.0 Å². The molecule has 0 radical (unpaired) electrons. The zero-order chi connectivity index (χ0) is 14.1. The molecule has 1 saturated heterocycles. The van der Waals surface area contributed by atoms with Crippen LogP contribution in [0.4, 0.5) is 5.69 Å². The Balaban J connectivity index is 1.63. The predicted molar refractivity (Wildman–Crippen MR) is 66.7 cm³/mol. The highest BCUT2D eigenvalue weighted by atomic mass is 16.7. The molecule has 7 heteroatoms. The van der Waals surface area contributed by atoms with Crippen LogP contribution in [0.5, 0.6) is 11.5 Å². The van der Waals surface area contributed by atoms with Crippen LogP contribution >= 0.6 is 0 Å². The minimum Gasteiger partial charge on any atom is -0.479 e. The van der Waals surface area contributed by atoms with Crippen molar-refractivity contribution in [3.05, 3.63) is 18.2 Å². The van der Waals surface area contributed by atoms with E-state index >= 15 is 0 Å². The number of carboxylic acid groups (broad SMARTS) is 1. The minimum absolute atomic E-state index is 0.165. The molecule has 3 rings (SSSR count). The molecule has 0 unspecified atom stereocenters. The first kappa shape index (κ1) is 12.7. The first-order chi connectivity index (χ1) is 9.63. The van der Waals surface area contributed by atoms with Crippen LogP contribution in [0.15, 0.2) is 18.2 Å². The molecule has 2 N–H and O–H groups in total. The van der Waals surface area contributed by atoms with Gasteiger partial charge < -0.3 is 24.6 Å². The number of rotatable bonds is 3. The lowest BCUT2D eigenvalue weighted by molar-refractivity contribution is -0.150. The summed E-state index contributed by atoms with van der Waals surface area (Å²) in [6.07, 6.45) is -0.897. The summed E-state index contributed by atoms with van der Waals surface area (Å²) in [5.41, 5.74) is 0.557. The number of amides is 1. The number of carbonyl (C=O) groups is 2. The largest absolute Gasteiger partial charge is 0.479 e. The number of anilines is 1. The van der Waals surface area contributed by atoms with Gasteiger partial charge >= 0.3 is 5.97 Å². The van der Waals surface area contributed by atoms with E-state index in [0.717, 1.165) is 0 Å². The quantitative estimate of drug-likeness (QED) is 0.856. The maximum absolute atomic E-state index is 12.0. The third kappa shape index (κ3) is 2.39. The Morgan fingerprint density at radius 3 is 2.65 bits per heavy atom. The number of hydrogen-bond donors (Lipinski definition) is 2. The number of hydrogen-bond acceptors (Lipinski definition) is 5. The third-order valence-electron chi connectivity index (χ3n) is 3.23. The smallest absolute Gasteiger partial charge is 0.332 e. The lowest BCUT2D eigenvalue weighted by atomic mass is 10.2. The standard InChI is InChI=1S/C13H13NO6/c15-12(9-3-4-10(20-9)13(16)17)14-7-1-2-8-11(5-7)19-6-18-8/h1-2,5,9-10H,3-4,6H2,(H,14,15)(H,16,17)/t9-,10+/m0/s1. The van der Waals surface area contributed by atoms with Crippen LogP contribution in [0.2, 0.25) is 0 Å². The van der Waals surface area contributed by atoms with Gasteiger partial charge in [-0.3, -0.25) is 4.79 Å². The van der Waals surface area contributed by atoms with Crippen LogP contribution < -0.4 is 14.8 Å². The van der Waals surface area contributed by atoms with Gasteiger partial charge in [-0.25, -0.2) is 4.79 Å². The molecule has 7 nitrogen and oxygen atoms in total. The van der Waals surface area contributed by atoms with E-state index in [9.17, 15) is 9.59 Å². The molecule has 2 atom stereocenters. The first-order valence-corrected chi connectivity index (χ1v) is 6.22. The Bertz CT molecular complexity index is 558. The molecule has 2 aliphatic heterocycles. The summed E-state index contributed by atoms with van der Waals surface area (Å²) in [4.78, 5) is 22.8. The van der Waals surface area contributed by atoms with E-state index in [1.807, 2.05) is 0 Å². The van der Waals surface area contributed by atoms with Crippen LogP contribution in [0.25, 0.3) is 0 Å². The fourth-order valence-electron chi connectivity index (χ4n) is 2.21. The molecule has 106 valence electrons. The predicted octanol–water partition coefficient (Wildman–Crippen LogP) is 0.986. The van der Waals surface area contributed by atoms with Crippen molar-refractivity contribution in [3.63, 3.8) is 0 Å². The first-order valence-electron chi connectivity index (χ1n) is 6.22. The number of ether oxygens (including phenoxy) is 3. The molecule has 1 aromatic carbocycles. The molecule has 1 fully saturated rings. The van der Waals surface area contributed by atoms with Gasteiger partial charge in [0.1, 0.15) is 6.10 Å². The maximum atomic E-state index is 12.0. The summed E-state index contributed by atoms with van der Waals surface area (Å²) < 4.78 is 15.6. The van der Waals surface area contributed by atoms with Crippen molar-refractivity contribution in [2.75, 3.05) is 12.1 Å². The van der Waals surface area contributed by atoms with Gasteiger partial charge in [0.2, 0.25) is 6.79 Å². The van der Waals surface area contributed by atoms with E-state index < -0.39 is 18.2 Å². The van der Waals surface area contributed by atoms with Gasteiger partial charge in [0.05, 0.1) is 0 Å². The lowest BCUT2D eigenvalue weighted by Crippen LogP contribution is -2.29. The van der Waals surface area contributed by atoms with Crippen LogP contribution in [0.1, 0.15) is 12.8 Å². The lowest BCUT2D eigenvalue weighted by Gasteiger charge is -2.12. The Labute approximate surface area is 114 Å². The molecule has 0 aliphatic carbocycles. The SMILES string of the molecule is O=C(Nc1ccc2c(c1)OCO2)[C@@H]1CC[C@H](C(=O)O)O1. The zero-order valence-corrected chi connectivity index (χ0v) is 10.5. The summed E-state index contributed by atoms with van der Waals surface area (Å²) in [5, 5.41) is 11.5. The molecule has 0 saturated carbocycles. The van der Waals surface area contributed by atoms with Crippen LogP contribution in [0, 0.1) is 0 Å². The fourth-order valence-corrected chi connectivity index (χ4v) is 2.21. The molecule has 0 spiro atoms. The normalized spacial score (nSPS) is 23.6. The third-order valence-corrected chi connectivity index (χ3v) is 3.23. The second kappa shape index (κ2) is 5.01. The highest BCUT2D eigenvalue weighted by Crippen LogP contribution is 2.34. The Morgan fingerprint density at radius 2 is 1.90 bits per heavy atom. The molecule has 2 heterocycles. The highest BCUT2D eigenvalue weighted by Gasteiger charge is 2.34. The summed E-state index contributed by atoms with van der Waals surface area (Å²) in [6, 6.07) is 5.05. The molecular formula is C13H13NO6. The molecule has 1 amide bonds. The number of aliphatic carboxylic acids is 1. The average Bonchev–Trinajstić information content (AvgIpc) is 3.07. The van der Waals surface area contributed by atoms with Gasteiger partial charge in [0.15, 0.2) is 17.6 Å². The second-order valence-electron chi connectivity index (χ2n) is 4.59. The topological polar surface area (TPSA) is 94.1 Å². The van der Waals surface area contributed by atoms with E-state index in [4.69, 9.17) is 19.3 Å². The van der Waals surface area contributed by atoms with E-state index in [-0.39, 0.29) is 12.7 Å². The monoisotopic (exact) mass is 279 g/mol. The number of carbonyl (C=O) groups excluding carboxylic acids is 1. The van der Waals surface area contributed by atoms with Gasteiger partial charge in [0.25, 0.3) is 5.91 Å². The van der Waals surface area contributed by atoms with Crippen molar-refractivity contribution in [3.8, 4) is 11.5 Å². The highest BCUT2D eigenvalue weighted by molar-refractivity contribution is 5.95. The molecule has 20 heavy (non-hydrogen) atoms. The number of nitrogens with one attached hydrogen (secondary N) is 1. The van der Waals surface area contributed by atoms with Gasteiger partial charge in [-0.2, -0.15) is 0 Å². The molecule has 1 aromatic rings. The Kier molecular flexibility index (Phi) is 3.19. The summed E-state index contributed by atoms with van der Waals surface area (Å²) in [7, 11) is 0. The van der Waals surface area contributed by atoms with Crippen molar-refractivity contribution in [1.29, 1.82) is 0 Å². The van der Waals surface area contributed by atoms with Crippen LogP contribution in [-0.4, -0.2) is 36.0 Å². The summed E-state index contributed by atoms with van der Waals surface area (Å²) >= 11 is 0. The van der Waals surface area contributed by atoms with E-state index in [0.29, 0.717) is 30.0 Å². The summed E-state index contributed by atoms with van der Waals surface area (Å²) in [5.74, 6) is -0.194. The molecule has 0 aromatic heterocycles. The van der Waals surface area contributed by atoms with E-state index in [1.54, 1.807) is 18.2 Å². The van der Waals surface area contributed by atoms with Crippen molar-refractivity contribution in [2.24, 2.45) is 0 Å². The number of benzene rings is 1. The van der Waals surface area contributed by atoms with E-state index in [2.05, 4.69) is 5.32 Å². The zero-order valence-electron chi connectivity index (χ0n) is 10.5. The van der Waals surface area contributed by atoms with Crippen LogP contribution in [-0.2, 0) is 14.3 Å². The second-order valence-corrected chi connectivity index (χ2v) is 4.59. The van der Waals surface area contributed by atoms with Gasteiger partial charge in [0, 0.05) is 11.8 Å². The van der Waals surface area contributed by atoms with Crippen molar-refractivity contribution in [2.45, 2.75) is 25.0 Å². The number of carboxylic acids is 1. The average molecular weight is 279 g/mol. The molecule has 2 aliphatic rings. The Morgan fingerprint density at radius 1 is 1.15 bits per heavy atom. The van der Waals surface area contributed by atoms with Crippen molar-refractivity contribution in [1.82, 2.24) is 0 Å². The van der Waals surface area contributed by atoms with Crippen LogP contribution in [0.3, 0.4) is 0 Å². The maximum Gasteiger partial charge on any atom is 0.332 e. The minimum atomic E-state index is -1.04. The number of fused-ring (bicyclic) bond motifs is 1. The summed E-state index contributed by atoms with van der Waals surface area (Å²) in [6.45, 7) is 0.165. The fraction of sp³-hybridized carbons (Fsp3) is 0.385. The molecular weight excluding hydrogens is 266 g/mol. The van der Waals surface area contributed by atoms with Crippen molar-refractivity contribution < 1.29 is 28.9 Å². The van der Waals surface area contributed by atoms with Gasteiger partial charge in [-0.15, -0.1) is 0 Å². The van der Waals surface area contributed by atoms with E-state index in [1.165, 1.54) is 0 Å².